The van der Waals surface area contributed by atoms with Gasteiger partial charge in [0.1, 0.15) is 5.56 Å². The molecule has 164 valence electrons. The molecule has 2 amide bonds. The molecule has 3 rings (SSSR count). The monoisotopic (exact) mass is 470 g/mol. The van der Waals surface area contributed by atoms with Crippen LogP contribution in [-0.2, 0) is 11.8 Å². The van der Waals surface area contributed by atoms with Gasteiger partial charge in [-0.05, 0) is 55.5 Å². The summed E-state index contributed by atoms with van der Waals surface area (Å²) < 4.78 is 1.22. The number of carbonyl (C=O) groups excluding carboxylic acids is 3. The molecule has 32 heavy (non-hydrogen) atoms. The molecule has 10 heteroatoms. The summed E-state index contributed by atoms with van der Waals surface area (Å²) in [6.07, 6.45) is 1.19. The molecule has 0 aliphatic carbocycles. The van der Waals surface area contributed by atoms with Crippen LogP contribution >= 0.6 is 23.4 Å². The zero-order chi connectivity index (χ0) is 23.3. The van der Waals surface area contributed by atoms with Crippen molar-refractivity contribution in [2.45, 2.75) is 12.1 Å². The Morgan fingerprint density at radius 3 is 2.22 bits per heavy atom. The van der Waals surface area contributed by atoms with Crippen LogP contribution in [0.1, 0.15) is 27.6 Å². The lowest BCUT2D eigenvalue weighted by molar-refractivity contribution is -0.113. The second kappa shape index (κ2) is 10.3. The Labute approximate surface area is 193 Å². The summed E-state index contributed by atoms with van der Waals surface area (Å²) in [6.45, 7) is 1.47. The summed E-state index contributed by atoms with van der Waals surface area (Å²) in [7, 11) is 1.48. The van der Waals surface area contributed by atoms with Gasteiger partial charge in [0.25, 0.3) is 11.5 Å². The van der Waals surface area contributed by atoms with E-state index in [4.69, 9.17) is 11.6 Å². The number of anilines is 2. The number of nitrogens with one attached hydrogen (secondary N) is 2. The molecule has 0 radical (unpaired) electrons. The first kappa shape index (κ1) is 23.2. The molecule has 0 fully saturated rings. The molecule has 0 unspecified atom stereocenters. The number of Topliss-reactive ketones (excluding diaryl/α,β-unsaturated/α-hetero) is 1. The lowest BCUT2D eigenvalue weighted by atomic mass is 10.1. The number of carbonyl (C=O) groups is 3. The van der Waals surface area contributed by atoms with Gasteiger partial charge in [-0.15, -0.1) is 0 Å². The Morgan fingerprint density at radius 1 is 1.00 bits per heavy atom. The van der Waals surface area contributed by atoms with Crippen molar-refractivity contribution in [2.75, 3.05) is 16.4 Å². The third-order valence-electron chi connectivity index (χ3n) is 4.38. The molecule has 0 bridgehead atoms. The van der Waals surface area contributed by atoms with E-state index >= 15 is 0 Å². The first-order chi connectivity index (χ1) is 15.2. The highest BCUT2D eigenvalue weighted by Crippen LogP contribution is 2.16. The number of ketones is 1. The Hall–Kier alpha value is -3.43. The molecule has 1 heterocycles. The summed E-state index contributed by atoms with van der Waals surface area (Å²) in [4.78, 5) is 52.7. The zero-order valence-electron chi connectivity index (χ0n) is 17.2. The standard InChI is InChI=1S/C22H19ClN4O4S/c1-13(28)14-3-7-16(8-4-14)25-19(29)12-32-22-24-11-18(21(31)27(22)2)20(30)26-17-9-5-15(23)6-10-17/h3-11H,12H2,1-2H3,(H,25,29)(H,26,30). The second-order valence-corrected chi connectivity index (χ2v) is 8.13. The highest BCUT2D eigenvalue weighted by Gasteiger charge is 2.16. The minimum atomic E-state index is -0.594. The summed E-state index contributed by atoms with van der Waals surface area (Å²) in [6, 6.07) is 13.0. The van der Waals surface area contributed by atoms with Crippen LogP contribution in [0.25, 0.3) is 0 Å². The van der Waals surface area contributed by atoms with Gasteiger partial charge in [0.15, 0.2) is 10.9 Å². The number of hydrogen-bond donors (Lipinski definition) is 2. The van der Waals surface area contributed by atoms with Gasteiger partial charge in [-0.2, -0.15) is 0 Å². The first-order valence-electron chi connectivity index (χ1n) is 9.41. The van der Waals surface area contributed by atoms with Gasteiger partial charge in [-0.1, -0.05) is 23.4 Å². The van der Waals surface area contributed by atoms with E-state index < -0.39 is 11.5 Å². The highest BCUT2D eigenvalue weighted by molar-refractivity contribution is 7.99. The van der Waals surface area contributed by atoms with Crippen LogP contribution in [0.3, 0.4) is 0 Å². The molecule has 0 aliphatic heterocycles. The quantitative estimate of drug-likeness (QED) is 0.310. The van der Waals surface area contributed by atoms with Crippen LogP contribution in [0.15, 0.2) is 64.7 Å². The number of benzene rings is 2. The third kappa shape index (κ3) is 5.83. The van der Waals surface area contributed by atoms with Gasteiger partial charge in [0.05, 0.1) is 5.75 Å². The molecule has 2 aromatic carbocycles. The fourth-order valence-corrected chi connectivity index (χ4v) is 3.53. The Kier molecular flexibility index (Phi) is 7.45. The highest BCUT2D eigenvalue weighted by atomic mass is 35.5. The molecular weight excluding hydrogens is 452 g/mol. The predicted molar refractivity (Wildman–Crippen MR) is 125 cm³/mol. The average Bonchev–Trinajstić information content (AvgIpc) is 2.76. The number of hydrogen-bond acceptors (Lipinski definition) is 6. The summed E-state index contributed by atoms with van der Waals surface area (Å²) in [5, 5.41) is 6.15. The van der Waals surface area contributed by atoms with E-state index in [0.29, 0.717) is 27.1 Å². The Balaban J connectivity index is 1.62. The van der Waals surface area contributed by atoms with E-state index in [0.717, 1.165) is 11.8 Å². The molecule has 0 saturated carbocycles. The number of rotatable bonds is 7. The van der Waals surface area contributed by atoms with Gasteiger partial charge in [0, 0.05) is 35.2 Å². The summed E-state index contributed by atoms with van der Waals surface area (Å²) in [5.74, 6) is -0.950. The van der Waals surface area contributed by atoms with Crippen molar-refractivity contribution < 1.29 is 14.4 Å². The Morgan fingerprint density at radius 2 is 1.59 bits per heavy atom. The van der Waals surface area contributed by atoms with Gasteiger partial charge >= 0.3 is 0 Å². The SMILES string of the molecule is CC(=O)c1ccc(NC(=O)CSc2ncc(C(=O)Nc3ccc(Cl)cc3)c(=O)n2C)cc1. The fourth-order valence-electron chi connectivity index (χ4n) is 2.67. The summed E-state index contributed by atoms with van der Waals surface area (Å²) >= 11 is 6.89. The molecule has 0 atom stereocenters. The van der Waals surface area contributed by atoms with Crippen molar-refractivity contribution in [1.29, 1.82) is 0 Å². The van der Waals surface area contributed by atoms with Crippen LogP contribution in [0, 0.1) is 0 Å². The average molecular weight is 471 g/mol. The predicted octanol–water partition coefficient (Wildman–Crippen LogP) is 3.62. The maximum atomic E-state index is 12.6. The normalized spacial score (nSPS) is 10.5. The molecule has 1 aromatic heterocycles. The number of thioether (sulfide) groups is 1. The zero-order valence-corrected chi connectivity index (χ0v) is 18.8. The van der Waals surface area contributed by atoms with Gasteiger partial charge < -0.3 is 10.6 Å². The maximum Gasteiger partial charge on any atom is 0.266 e. The van der Waals surface area contributed by atoms with Crippen molar-refractivity contribution in [3.8, 4) is 0 Å². The lowest BCUT2D eigenvalue weighted by Gasteiger charge is -2.10. The van der Waals surface area contributed by atoms with E-state index in [1.807, 2.05) is 0 Å². The molecule has 8 nitrogen and oxygen atoms in total. The van der Waals surface area contributed by atoms with E-state index in [-0.39, 0.29) is 23.0 Å². The number of nitrogens with zero attached hydrogens (tertiary/aromatic N) is 2. The van der Waals surface area contributed by atoms with Crippen LogP contribution in [0.5, 0.6) is 0 Å². The molecule has 2 N–H and O–H groups in total. The molecule has 0 saturated heterocycles. The largest absolute Gasteiger partial charge is 0.325 e. The van der Waals surface area contributed by atoms with Crippen LogP contribution < -0.4 is 16.2 Å². The second-order valence-electron chi connectivity index (χ2n) is 6.75. The fraction of sp³-hybridized carbons (Fsp3) is 0.136. The van der Waals surface area contributed by atoms with Crippen molar-refractivity contribution in [2.24, 2.45) is 7.05 Å². The van der Waals surface area contributed by atoms with Crippen molar-refractivity contribution in [3.05, 3.63) is 81.2 Å². The number of halogens is 1. The number of amides is 2. The Bertz CT molecular complexity index is 1220. The van der Waals surface area contributed by atoms with E-state index in [1.165, 1.54) is 24.7 Å². The minimum absolute atomic E-state index is 0.00502. The first-order valence-corrected chi connectivity index (χ1v) is 10.8. The van der Waals surface area contributed by atoms with E-state index in [2.05, 4.69) is 15.6 Å². The lowest BCUT2D eigenvalue weighted by Crippen LogP contribution is -2.29. The van der Waals surface area contributed by atoms with Gasteiger partial charge in [-0.25, -0.2) is 4.98 Å². The van der Waals surface area contributed by atoms with E-state index in [9.17, 15) is 19.2 Å². The van der Waals surface area contributed by atoms with Crippen molar-refractivity contribution in [1.82, 2.24) is 9.55 Å². The number of aromatic nitrogens is 2. The van der Waals surface area contributed by atoms with E-state index in [1.54, 1.807) is 48.5 Å². The molecule has 0 aliphatic rings. The van der Waals surface area contributed by atoms with Crippen LogP contribution in [0.4, 0.5) is 11.4 Å². The van der Waals surface area contributed by atoms with Crippen LogP contribution in [-0.4, -0.2) is 32.9 Å². The topological polar surface area (TPSA) is 110 Å². The van der Waals surface area contributed by atoms with Crippen LogP contribution in [0.2, 0.25) is 5.02 Å². The maximum absolute atomic E-state index is 12.6. The van der Waals surface area contributed by atoms with Gasteiger partial charge in [-0.3, -0.25) is 23.7 Å². The minimum Gasteiger partial charge on any atom is -0.325 e. The third-order valence-corrected chi connectivity index (χ3v) is 5.68. The molecular formula is C22H19ClN4O4S. The molecule has 3 aromatic rings. The van der Waals surface area contributed by atoms with Gasteiger partial charge in [0.2, 0.25) is 5.91 Å². The molecule has 0 spiro atoms. The van der Waals surface area contributed by atoms with Crippen molar-refractivity contribution >= 4 is 52.3 Å². The summed E-state index contributed by atoms with van der Waals surface area (Å²) in [5.41, 5.74) is 0.942. The van der Waals surface area contributed by atoms with Crippen molar-refractivity contribution in [3.63, 3.8) is 0 Å². The smallest absolute Gasteiger partial charge is 0.266 e.